The topological polar surface area (TPSA) is 73.6 Å². The molecule has 1 aromatic rings. The highest BCUT2D eigenvalue weighted by molar-refractivity contribution is 5.95. The number of methoxy groups -OCH3 is 2. The second kappa shape index (κ2) is 6.99. The molecule has 0 aliphatic heterocycles. The Balaban J connectivity index is 2.92. The molecule has 0 spiro atoms. The van der Waals surface area contributed by atoms with Gasteiger partial charge in [0.2, 0.25) is 5.91 Å². The number of nitrogens with one attached hydrogen (secondary N) is 1. The molecule has 106 valence electrons. The van der Waals surface area contributed by atoms with E-state index in [1.807, 2.05) is 19.9 Å². The fourth-order valence-electron chi connectivity index (χ4n) is 1.78. The maximum absolute atomic E-state index is 11.9. The molecule has 19 heavy (non-hydrogen) atoms. The Morgan fingerprint density at radius 2 is 1.89 bits per heavy atom. The summed E-state index contributed by atoms with van der Waals surface area (Å²) in [7, 11) is 3.13. The molecule has 1 aromatic carbocycles. The SMILES string of the molecule is CCC[C@@H](N)C(=O)Nc1cc(OC)c(OC)cc1C. The van der Waals surface area contributed by atoms with Crippen molar-refractivity contribution in [1.29, 1.82) is 0 Å². The first-order chi connectivity index (χ1) is 9.03. The van der Waals surface area contributed by atoms with Gasteiger partial charge in [0.15, 0.2) is 11.5 Å². The Morgan fingerprint density at radius 3 is 2.42 bits per heavy atom. The molecule has 0 bridgehead atoms. The third-order valence-corrected chi connectivity index (χ3v) is 2.92. The molecule has 0 aromatic heterocycles. The van der Waals surface area contributed by atoms with Gasteiger partial charge in [-0.1, -0.05) is 13.3 Å². The van der Waals surface area contributed by atoms with Crippen LogP contribution in [0.2, 0.25) is 0 Å². The number of rotatable bonds is 6. The second-order valence-electron chi connectivity index (χ2n) is 4.41. The van der Waals surface area contributed by atoms with Crippen LogP contribution in [0.5, 0.6) is 11.5 Å². The van der Waals surface area contributed by atoms with Crippen molar-refractivity contribution in [2.24, 2.45) is 5.73 Å². The molecule has 0 unspecified atom stereocenters. The maximum Gasteiger partial charge on any atom is 0.241 e. The largest absolute Gasteiger partial charge is 0.493 e. The van der Waals surface area contributed by atoms with Gasteiger partial charge in [0, 0.05) is 11.8 Å². The Hall–Kier alpha value is -1.75. The van der Waals surface area contributed by atoms with E-state index < -0.39 is 6.04 Å². The molecule has 0 heterocycles. The molecule has 0 fully saturated rings. The lowest BCUT2D eigenvalue weighted by atomic mass is 10.1. The van der Waals surface area contributed by atoms with Crippen LogP contribution in [-0.4, -0.2) is 26.2 Å². The van der Waals surface area contributed by atoms with Crippen molar-refractivity contribution < 1.29 is 14.3 Å². The molecule has 1 rings (SSSR count). The van der Waals surface area contributed by atoms with E-state index in [1.165, 1.54) is 0 Å². The quantitative estimate of drug-likeness (QED) is 0.826. The number of anilines is 1. The molecule has 0 saturated heterocycles. The number of amides is 1. The zero-order valence-electron chi connectivity index (χ0n) is 11.9. The van der Waals surface area contributed by atoms with Crippen LogP contribution < -0.4 is 20.5 Å². The first-order valence-electron chi connectivity index (χ1n) is 6.32. The molecule has 0 aliphatic rings. The third-order valence-electron chi connectivity index (χ3n) is 2.92. The zero-order chi connectivity index (χ0) is 14.4. The predicted octanol–water partition coefficient (Wildman–Crippen LogP) is 2.08. The Kier molecular flexibility index (Phi) is 5.63. The number of carbonyl (C=O) groups is 1. The average Bonchev–Trinajstić information content (AvgIpc) is 2.40. The molecule has 5 nitrogen and oxygen atoms in total. The second-order valence-corrected chi connectivity index (χ2v) is 4.41. The third kappa shape index (κ3) is 3.86. The van der Waals surface area contributed by atoms with E-state index in [1.54, 1.807) is 20.3 Å². The summed E-state index contributed by atoms with van der Waals surface area (Å²) in [6, 6.07) is 3.07. The molecule has 1 amide bonds. The highest BCUT2D eigenvalue weighted by Gasteiger charge is 2.15. The van der Waals surface area contributed by atoms with Crippen LogP contribution in [0, 0.1) is 6.92 Å². The van der Waals surface area contributed by atoms with Crippen LogP contribution in [0.15, 0.2) is 12.1 Å². The van der Waals surface area contributed by atoms with Gasteiger partial charge in [-0.15, -0.1) is 0 Å². The Labute approximate surface area is 114 Å². The van der Waals surface area contributed by atoms with Crippen LogP contribution in [0.1, 0.15) is 25.3 Å². The van der Waals surface area contributed by atoms with Crippen molar-refractivity contribution in [1.82, 2.24) is 0 Å². The van der Waals surface area contributed by atoms with E-state index in [0.29, 0.717) is 23.6 Å². The van der Waals surface area contributed by atoms with Crippen molar-refractivity contribution in [3.8, 4) is 11.5 Å². The van der Waals surface area contributed by atoms with Gasteiger partial charge in [-0.3, -0.25) is 4.79 Å². The fraction of sp³-hybridized carbons (Fsp3) is 0.500. The molecule has 3 N–H and O–H groups in total. The summed E-state index contributed by atoms with van der Waals surface area (Å²) < 4.78 is 10.4. The lowest BCUT2D eigenvalue weighted by Gasteiger charge is -2.15. The van der Waals surface area contributed by atoms with Gasteiger partial charge >= 0.3 is 0 Å². The lowest BCUT2D eigenvalue weighted by Crippen LogP contribution is -2.35. The van der Waals surface area contributed by atoms with Crippen LogP contribution >= 0.6 is 0 Å². The summed E-state index contributed by atoms with van der Waals surface area (Å²) in [5, 5.41) is 2.82. The van der Waals surface area contributed by atoms with E-state index in [9.17, 15) is 4.79 Å². The first kappa shape index (κ1) is 15.3. The van der Waals surface area contributed by atoms with Crippen LogP contribution in [0.3, 0.4) is 0 Å². The molecule has 0 aliphatic carbocycles. The average molecular weight is 266 g/mol. The first-order valence-corrected chi connectivity index (χ1v) is 6.32. The van der Waals surface area contributed by atoms with Gasteiger partial charge in [0.05, 0.1) is 20.3 Å². The summed E-state index contributed by atoms with van der Waals surface area (Å²) >= 11 is 0. The normalized spacial score (nSPS) is 11.8. The minimum Gasteiger partial charge on any atom is -0.493 e. The van der Waals surface area contributed by atoms with Crippen molar-refractivity contribution in [3.05, 3.63) is 17.7 Å². The highest BCUT2D eigenvalue weighted by Crippen LogP contribution is 2.32. The highest BCUT2D eigenvalue weighted by atomic mass is 16.5. The number of ether oxygens (including phenoxy) is 2. The van der Waals surface area contributed by atoms with Gasteiger partial charge in [0.1, 0.15) is 0 Å². The summed E-state index contributed by atoms with van der Waals surface area (Å²) in [5.74, 6) is 1.03. The number of benzene rings is 1. The number of aryl methyl sites for hydroxylation is 1. The summed E-state index contributed by atoms with van der Waals surface area (Å²) in [6.07, 6.45) is 1.54. The molecule has 0 saturated carbocycles. The maximum atomic E-state index is 11.9. The van der Waals surface area contributed by atoms with Crippen LogP contribution in [-0.2, 0) is 4.79 Å². The van der Waals surface area contributed by atoms with Gasteiger partial charge in [-0.2, -0.15) is 0 Å². The monoisotopic (exact) mass is 266 g/mol. The smallest absolute Gasteiger partial charge is 0.241 e. The number of hydrogen-bond acceptors (Lipinski definition) is 4. The van der Waals surface area contributed by atoms with Crippen molar-refractivity contribution in [2.75, 3.05) is 19.5 Å². The van der Waals surface area contributed by atoms with Gasteiger partial charge in [-0.05, 0) is 25.0 Å². The summed E-state index contributed by atoms with van der Waals surface area (Å²) in [6.45, 7) is 3.89. The van der Waals surface area contributed by atoms with Gasteiger partial charge in [0.25, 0.3) is 0 Å². The van der Waals surface area contributed by atoms with Crippen LogP contribution in [0.25, 0.3) is 0 Å². The van der Waals surface area contributed by atoms with Gasteiger partial charge < -0.3 is 20.5 Å². The zero-order valence-corrected chi connectivity index (χ0v) is 11.9. The summed E-state index contributed by atoms with van der Waals surface area (Å²) in [4.78, 5) is 11.9. The number of hydrogen-bond donors (Lipinski definition) is 2. The van der Waals surface area contributed by atoms with Crippen LogP contribution in [0.4, 0.5) is 5.69 Å². The molecular weight excluding hydrogens is 244 g/mol. The lowest BCUT2D eigenvalue weighted by molar-refractivity contribution is -0.117. The minimum atomic E-state index is -0.488. The van der Waals surface area contributed by atoms with E-state index in [2.05, 4.69) is 5.32 Å². The number of carbonyl (C=O) groups excluding carboxylic acids is 1. The minimum absolute atomic E-state index is 0.183. The fourth-order valence-corrected chi connectivity index (χ4v) is 1.78. The molecule has 0 radical (unpaired) electrons. The Morgan fingerprint density at radius 1 is 1.32 bits per heavy atom. The van der Waals surface area contributed by atoms with Crippen molar-refractivity contribution in [2.45, 2.75) is 32.7 Å². The van der Waals surface area contributed by atoms with E-state index in [0.717, 1.165) is 12.0 Å². The number of nitrogens with two attached hydrogens (primary N) is 1. The van der Waals surface area contributed by atoms with E-state index >= 15 is 0 Å². The predicted molar refractivity (Wildman–Crippen MR) is 75.8 cm³/mol. The molecule has 1 atom stereocenters. The Bertz CT molecular complexity index is 447. The summed E-state index contributed by atoms with van der Waals surface area (Å²) in [5.41, 5.74) is 7.37. The van der Waals surface area contributed by atoms with E-state index in [4.69, 9.17) is 15.2 Å². The molecular formula is C14H22N2O3. The van der Waals surface area contributed by atoms with E-state index in [-0.39, 0.29) is 5.91 Å². The van der Waals surface area contributed by atoms with Crippen molar-refractivity contribution in [3.63, 3.8) is 0 Å². The standard InChI is InChI=1S/C14H22N2O3/c1-5-6-10(15)14(17)16-11-8-13(19-4)12(18-3)7-9(11)2/h7-8,10H,5-6,15H2,1-4H3,(H,16,17)/t10-/m1/s1. The van der Waals surface area contributed by atoms with Crippen molar-refractivity contribution >= 4 is 11.6 Å². The van der Waals surface area contributed by atoms with Gasteiger partial charge in [-0.25, -0.2) is 0 Å². The molecule has 5 heteroatoms.